The summed E-state index contributed by atoms with van der Waals surface area (Å²) in [5, 5.41) is 4.33. The third-order valence-corrected chi connectivity index (χ3v) is 4.17. The first-order valence-corrected chi connectivity index (χ1v) is 8.08. The molecule has 3 aromatic rings. The van der Waals surface area contributed by atoms with Gasteiger partial charge in [-0.05, 0) is 24.3 Å². The van der Waals surface area contributed by atoms with E-state index in [1.54, 1.807) is 34.1 Å². The lowest BCUT2D eigenvalue weighted by Crippen LogP contribution is -2.44. The average molecular weight is 335 g/mol. The zero-order valence-electron chi connectivity index (χ0n) is 13.5. The maximum absolute atomic E-state index is 12.9. The predicted molar refractivity (Wildman–Crippen MR) is 90.2 cm³/mol. The SMILES string of the molecule is O=C(c1cccnc1)N1CCOC[C@H]1c1ncnn1-c1ccccc1. The van der Waals surface area contributed by atoms with E-state index >= 15 is 0 Å². The largest absolute Gasteiger partial charge is 0.377 e. The average Bonchev–Trinajstić information content (AvgIpc) is 3.18. The zero-order valence-corrected chi connectivity index (χ0v) is 13.5. The van der Waals surface area contributed by atoms with Gasteiger partial charge in [0.25, 0.3) is 5.91 Å². The van der Waals surface area contributed by atoms with Gasteiger partial charge in [-0.1, -0.05) is 18.2 Å². The van der Waals surface area contributed by atoms with Gasteiger partial charge in [0.15, 0.2) is 5.82 Å². The first-order valence-electron chi connectivity index (χ1n) is 8.08. The maximum Gasteiger partial charge on any atom is 0.256 e. The summed E-state index contributed by atoms with van der Waals surface area (Å²) < 4.78 is 7.38. The molecular formula is C18H17N5O2. The van der Waals surface area contributed by atoms with Crippen molar-refractivity contribution in [3.05, 3.63) is 72.6 Å². The number of rotatable bonds is 3. The monoisotopic (exact) mass is 335 g/mol. The number of morpholine rings is 1. The highest BCUT2D eigenvalue weighted by Gasteiger charge is 2.33. The second kappa shape index (κ2) is 6.82. The van der Waals surface area contributed by atoms with Gasteiger partial charge < -0.3 is 9.64 Å². The summed E-state index contributed by atoms with van der Waals surface area (Å²) in [7, 11) is 0. The molecule has 0 saturated carbocycles. The van der Waals surface area contributed by atoms with E-state index < -0.39 is 0 Å². The van der Waals surface area contributed by atoms with Crippen molar-refractivity contribution in [2.45, 2.75) is 6.04 Å². The Morgan fingerprint density at radius 2 is 2.04 bits per heavy atom. The number of benzene rings is 1. The Bertz CT molecular complexity index is 850. The molecule has 2 aromatic heterocycles. The van der Waals surface area contributed by atoms with Crippen LogP contribution in [0.5, 0.6) is 0 Å². The molecular weight excluding hydrogens is 318 g/mol. The Balaban J connectivity index is 1.69. The molecule has 0 bridgehead atoms. The second-order valence-electron chi connectivity index (χ2n) is 5.70. The molecule has 1 atom stereocenters. The smallest absolute Gasteiger partial charge is 0.256 e. The summed E-state index contributed by atoms with van der Waals surface area (Å²) in [4.78, 5) is 23.2. The molecule has 1 aromatic carbocycles. The first kappa shape index (κ1) is 15.5. The Morgan fingerprint density at radius 3 is 2.84 bits per heavy atom. The number of hydrogen-bond acceptors (Lipinski definition) is 5. The maximum atomic E-state index is 12.9. The lowest BCUT2D eigenvalue weighted by atomic mass is 10.1. The van der Waals surface area contributed by atoms with Gasteiger partial charge in [0.1, 0.15) is 12.4 Å². The van der Waals surface area contributed by atoms with Crippen LogP contribution >= 0.6 is 0 Å². The number of para-hydroxylation sites is 1. The number of nitrogens with zero attached hydrogens (tertiary/aromatic N) is 5. The van der Waals surface area contributed by atoms with E-state index in [-0.39, 0.29) is 11.9 Å². The molecule has 0 radical (unpaired) electrons. The van der Waals surface area contributed by atoms with E-state index in [0.717, 1.165) is 5.69 Å². The highest BCUT2D eigenvalue weighted by atomic mass is 16.5. The molecule has 0 unspecified atom stereocenters. The molecule has 0 N–H and O–H groups in total. The van der Waals surface area contributed by atoms with Crippen LogP contribution in [0.15, 0.2) is 61.2 Å². The minimum Gasteiger partial charge on any atom is -0.377 e. The number of hydrogen-bond donors (Lipinski definition) is 0. The van der Waals surface area contributed by atoms with Crippen LogP contribution in [0.2, 0.25) is 0 Å². The summed E-state index contributed by atoms with van der Waals surface area (Å²) in [5.74, 6) is 0.604. The van der Waals surface area contributed by atoms with Crippen LogP contribution in [0.1, 0.15) is 22.2 Å². The predicted octanol–water partition coefficient (Wildman–Crippen LogP) is 1.88. The molecule has 7 heteroatoms. The molecule has 0 aliphatic carbocycles. The van der Waals surface area contributed by atoms with Crippen LogP contribution in [-0.4, -0.2) is 50.3 Å². The summed E-state index contributed by atoms with van der Waals surface area (Å²) in [5.41, 5.74) is 1.45. The summed E-state index contributed by atoms with van der Waals surface area (Å²) >= 11 is 0. The fourth-order valence-electron chi connectivity index (χ4n) is 2.96. The third kappa shape index (κ3) is 3.01. The van der Waals surface area contributed by atoms with Crippen molar-refractivity contribution in [3.8, 4) is 5.69 Å². The van der Waals surface area contributed by atoms with Gasteiger partial charge in [-0.25, -0.2) is 9.67 Å². The van der Waals surface area contributed by atoms with Crippen molar-refractivity contribution in [2.24, 2.45) is 0 Å². The van der Waals surface area contributed by atoms with E-state index in [0.29, 0.717) is 31.1 Å². The number of amides is 1. The molecule has 126 valence electrons. The highest BCUT2D eigenvalue weighted by molar-refractivity contribution is 5.94. The lowest BCUT2D eigenvalue weighted by Gasteiger charge is -2.35. The zero-order chi connectivity index (χ0) is 17.1. The minimum absolute atomic E-state index is 0.0796. The van der Waals surface area contributed by atoms with E-state index in [4.69, 9.17) is 4.74 Å². The molecule has 1 amide bonds. The molecule has 25 heavy (non-hydrogen) atoms. The molecule has 4 rings (SSSR count). The number of carbonyl (C=O) groups excluding carboxylic acids is 1. The number of aromatic nitrogens is 4. The van der Waals surface area contributed by atoms with Gasteiger partial charge in [-0.15, -0.1) is 0 Å². The van der Waals surface area contributed by atoms with Crippen LogP contribution in [0.25, 0.3) is 5.69 Å². The van der Waals surface area contributed by atoms with Crippen molar-refractivity contribution in [2.75, 3.05) is 19.8 Å². The molecule has 7 nitrogen and oxygen atoms in total. The van der Waals surface area contributed by atoms with E-state index in [1.807, 2.05) is 30.3 Å². The topological polar surface area (TPSA) is 73.1 Å². The number of pyridine rings is 1. The number of ether oxygens (including phenoxy) is 1. The lowest BCUT2D eigenvalue weighted by molar-refractivity contribution is -0.00581. The normalized spacial score (nSPS) is 17.4. The van der Waals surface area contributed by atoms with Gasteiger partial charge in [0.05, 0.1) is 24.5 Å². The molecule has 1 aliphatic rings. The van der Waals surface area contributed by atoms with Gasteiger partial charge in [0, 0.05) is 18.9 Å². The van der Waals surface area contributed by atoms with Crippen molar-refractivity contribution in [3.63, 3.8) is 0 Å². The van der Waals surface area contributed by atoms with Crippen molar-refractivity contribution in [1.29, 1.82) is 0 Å². The van der Waals surface area contributed by atoms with Crippen LogP contribution < -0.4 is 0 Å². The molecule has 3 heterocycles. The molecule has 1 aliphatic heterocycles. The van der Waals surface area contributed by atoms with E-state index in [2.05, 4.69) is 15.1 Å². The summed E-state index contributed by atoms with van der Waals surface area (Å²) in [6.07, 6.45) is 4.74. The van der Waals surface area contributed by atoms with Gasteiger partial charge in [-0.2, -0.15) is 5.10 Å². The first-order chi connectivity index (χ1) is 12.3. The van der Waals surface area contributed by atoms with Crippen LogP contribution in [-0.2, 0) is 4.74 Å². The number of carbonyl (C=O) groups is 1. The fraction of sp³-hybridized carbons (Fsp3) is 0.222. The second-order valence-corrected chi connectivity index (χ2v) is 5.70. The van der Waals surface area contributed by atoms with E-state index in [1.165, 1.54) is 6.33 Å². The van der Waals surface area contributed by atoms with Gasteiger partial charge >= 0.3 is 0 Å². The van der Waals surface area contributed by atoms with Crippen LogP contribution in [0.4, 0.5) is 0 Å². The summed E-state index contributed by atoms with van der Waals surface area (Å²) in [6, 6.07) is 13.0. The summed E-state index contributed by atoms with van der Waals surface area (Å²) in [6.45, 7) is 1.39. The Hall–Kier alpha value is -3.06. The van der Waals surface area contributed by atoms with Gasteiger partial charge in [-0.3, -0.25) is 9.78 Å². The Morgan fingerprint density at radius 1 is 1.16 bits per heavy atom. The van der Waals surface area contributed by atoms with E-state index in [9.17, 15) is 4.79 Å². The van der Waals surface area contributed by atoms with Crippen molar-refractivity contribution >= 4 is 5.91 Å². The quantitative estimate of drug-likeness (QED) is 0.731. The van der Waals surface area contributed by atoms with Crippen molar-refractivity contribution in [1.82, 2.24) is 24.6 Å². The minimum atomic E-state index is -0.302. The standard InChI is InChI=1S/C18H17N5O2/c24-18(14-5-4-8-19-11-14)22-9-10-25-12-16(22)17-20-13-21-23(17)15-6-2-1-3-7-15/h1-8,11,13,16H,9-10,12H2/t16-/m0/s1. The highest BCUT2D eigenvalue weighted by Crippen LogP contribution is 2.26. The fourth-order valence-corrected chi connectivity index (χ4v) is 2.96. The van der Waals surface area contributed by atoms with Gasteiger partial charge in [0.2, 0.25) is 0 Å². The third-order valence-electron chi connectivity index (χ3n) is 4.17. The Kier molecular flexibility index (Phi) is 4.22. The Labute approximate surface area is 144 Å². The van der Waals surface area contributed by atoms with Crippen LogP contribution in [0, 0.1) is 0 Å². The molecule has 1 fully saturated rings. The van der Waals surface area contributed by atoms with Crippen LogP contribution in [0.3, 0.4) is 0 Å². The molecule has 1 saturated heterocycles. The molecule has 0 spiro atoms. The van der Waals surface area contributed by atoms with Crippen molar-refractivity contribution < 1.29 is 9.53 Å².